The van der Waals surface area contributed by atoms with Gasteiger partial charge in [0.1, 0.15) is 11.6 Å². The molecule has 2 N–H and O–H groups in total. The Labute approximate surface area is 177 Å². The van der Waals surface area contributed by atoms with E-state index in [1.54, 1.807) is 7.11 Å². The predicted molar refractivity (Wildman–Crippen MR) is 121 cm³/mol. The molecule has 1 fully saturated rings. The van der Waals surface area contributed by atoms with E-state index in [0.717, 1.165) is 44.2 Å². The van der Waals surface area contributed by atoms with E-state index in [9.17, 15) is 0 Å². The van der Waals surface area contributed by atoms with Crippen LogP contribution < -0.4 is 20.4 Å². The summed E-state index contributed by atoms with van der Waals surface area (Å²) in [7, 11) is 1.67. The van der Waals surface area contributed by atoms with Crippen molar-refractivity contribution in [2.45, 2.75) is 25.8 Å². The molecule has 0 saturated carbocycles. The number of rotatable bonds is 6. The van der Waals surface area contributed by atoms with Crippen LogP contribution in [0.5, 0.6) is 0 Å². The molecule has 0 bridgehead atoms. The summed E-state index contributed by atoms with van der Waals surface area (Å²) < 4.78 is 5.06. The van der Waals surface area contributed by atoms with Crippen LogP contribution in [0.25, 0.3) is 0 Å². The van der Waals surface area contributed by atoms with Crippen LogP contribution in [0.15, 0.2) is 30.3 Å². The fraction of sp³-hybridized carbons (Fsp3) is 0.476. The molecule has 0 spiro atoms. The molecule has 0 radical (unpaired) electrons. The van der Waals surface area contributed by atoms with Crippen LogP contribution in [-0.2, 0) is 17.7 Å². The van der Waals surface area contributed by atoms with Crippen molar-refractivity contribution >= 4 is 34.9 Å². The second kappa shape index (κ2) is 9.37. The second-order valence-corrected chi connectivity index (χ2v) is 7.82. The van der Waals surface area contributed by atoms with Crippen LogP contribution in [-0.4, -0.2) is 55.0 Å². The van der Waals surface area contributed by atoms with E-state index >= 15 is 0 Å². The Bertz CT molecular complexity index is 855. The highest BCUT2D eigenvalue weighted by Crippen LogP contribution is 2.28. The normalized spacial score (nSPS) is 15.9. The quantitative estimate of drug-likeness (QED) is 0.554. The highest BCUT2D eigenvalue weighted by molar-refractivity contribution is 7.80. The van der Waals surface area contributed by atoms with Crippen molar-refractivity contribution in [1.82, 2.24) is 15.3 Å². The van der Waals surface area contributed by atoms with Gasteiger partial charge in [-0.2, -0.15) is 9.97 Å². The first-order chi connectivity index (χ1) is 14.2. The van der Waals surface area contributed by atoms with Gasteiger partial charge in [-0.25, -0.2) is 0 Å². The number of benzene rings is 1. The molecular weight excluding hydrogens is 384 g/mol. The number of nitrogens with one attached hydrogen (secondary N) is 2. The summed E-state index contributed by atoms with van der Waals surface area (Å²) >= 11 is 5.39. The van der Waals surface area contributed by atoms with E-state index < -0.39 is 0 Å². The zero-order chi connectivity index (χ0) is 20.1. The molecule has 29 heavy (non-hydrogen) atoms. The van der Waals surface area contributed by atoms with Gasteiger partial charge < -0.3 is 25.2 Å². The molecule has 7 nitrogen and oxygen atoms in total. The highest BCUT2D eigenvalue weighted by Gasteiger charge is 2.21. The minimum absolute atomic E-state index is 0.510. The van der Waals surface area contributed by atoms with Crippen LogP contribution in [0.4, 0.5) is 17.6 Å². The molecule has 2 aliphatic rings. The molecule has 2 aliphatic heterocycles. The Balaban J connectivity index is 1.56. The fourth-order valence-corrected chi connectivity index (χ4v) is 4.05. The van der Waals surface area contributed by atoms with Crippen molar-refractivity contribution in [3.8, 4) is 0 Å². The van der Waals surface area contributed by atoms with Crippen LogP contribution in [0.2, 0.25) is 0 Å². The Kier molecular flexibility index (Phi) is 6.41. The molecular formula is C21H28N6OS. The number of aromatic nitrogens is 2. The van der Waals surface area contributed by atoms with Crippen molar-refractivity contribution in [3.63, 3.8) is 0 Å². The maximum absolute atomic E-state index is 5.39. The summed E-state index contributed by atoms with van der Waals surface area (Å²) in [5.41, 5.74) is 2.80. The standard InChI is InChI=1S/C21H28N6OS/c1-28-13-9-22-21(29)25-20-23-18(26-10-4-5-11-26)14-19(24-20)27-12-8-16-6-2-3-7-17(16)15-27/h2-3,6-7,14H,4-5,8-13,15H2,1H3,(H2,22,23,24,25,29). The summed E-state index contributed by atoms with van der Waals surface area (Å²) in [5.74, 6) is 2.45. The molecule has 1 aromatic heterocycles. The van der Waals surface area contributed by atoms with E-state index in [1.807, 2.05) is 0 Å². The first-order valence-corrected chi connectivity index (χ1v) is 10.6. The molecule has 0 aliphatic carbocycles. The molecule has 2 aromatic rings. The molecule has 3 heterocycles. The predicted octanol–water partition coefficient (Wildman–Crippen LogP) is 2.57. The van der Waals surface area contributed by atoms with Crippen molar-refractivity contribution in [3.05, 3.63) is 41.5 Å². The lowest BCUT2D eigenvalue weighted by molar-refractivity contribution is 0.204. The fourth-order valence-electron chi connectivity index (χ4n) is 3.85. The van der Waals surface area contributed by atoms with Crippen LogP contribution >= 0.6 is 12.2 Å². The van der Waals surface area contributed by atoms with Gasteiger partial charge in [0.15, 0.2) is 5.11 Å². The van der Waals surface area contributed by atoms with Crippen LogP contribution in [0.3, 0.4) is 0 Å². The lowest BCUT2D eigenvalue weighted by Crippen LogP contribution is -2.34. The van der Waals surface area contributed by atoms with Gasteiger partial charge in [-0.15, -0.1) is 0 Å². The Morgan fingerprint density at radius 2 is 1.79 bits per heavy atom. The monoisotopic (exact) mass is 412 g/mol. The van der Waals surface area contributed by atoms with Gasteiger partial charge in [0, 0.05) is 45.9 Å². The maximum atomic E-state index is 5.39. The SMILES string of the molecule is COCCNC(=S)Nc1nc(N2CCCC2)cc(N2CCc3ccccc3C2)n1. The number of methoxy groups -OCH3 is 1. The molecule has 0 amide bonds. The number of hydrogen-bond acceptors (Lipinski definition) is 6. The highest BCUT2D eigenvalue weighted by atomic mass is 32.1. The molecule has 0 atom stereocenters. The van der Waals surface area contributed by atoms with Gasteiger partial charge >= 0.3 is 0 Å². The van der Waals surface area contributed by atoms with Crippen LogP contribution in [0.1, 0.15) is 24.0 Å². The molecule has 0 unspecified atom stereocenters. The minimum atomic E-state index is 0.510. The molecule has 154 valence electrons. The van der Waals surface area contributed by atoms with Crippen molar-refractivity contribution < 1.29 is 4.74 Å². The molecule has 1 aromatic carbocycles. The number of anilines is 3. The Morgan fingerprint density at radius 1 is 1.07 bits per heavy atom. The van der Waals surface area contributed by atoms with E-state index in [-0.39, 0.29) is 0 Å². The van der Waals surface area contributed by atoms with Crippen molar-refractivity contribution in [1.29, 1.82) is 0 Å². The van der Waals surface area contributed by atoms with Crippen molar-refractivity contribution in [2.24, 2.45) is 0 Å². The number of fused-ring (bicyclic) bond motifs is 1. The van der Waals surface area contributed by atoms with Crippen molar-refractivity contribution in [2.75, 3.05) is 55.0 Å². The number of thiocarbonyl (C=S) groups is 1. The largest absolute Gasteiger partial charge is 0.383 e. The zero-order valence-electron chi connectivity index (χ0n) is 16.9. The average molecular weight is 413 g/mol. The summed E-state index contributed by atoms with van der Waals surface area (Å²) in [5, 5.41) is 6.78. The van der Waals surface area contributed by atoms with E-state index in [0.29, 0.717) is 24.2 Å². The van der Waals surface area contributed by atoms with Gasteiger partial charge in [0.05, 0.1) is 6.61 Å². The third-order valence-corrected chi connectivity index (χ3v) is 5.65. The van der Waals surface area contributed by atoms with E-state index in [1.165, 1.54) is 24.0 Å². The van der Waals surface area contributed by atoms with Gasteiger partial charge in [0.25, 0.3) is 0 Å². The maximum Gasteiger partial charge on any atom is 0.232 e. The average Bonchev–Trinajstić information content (AvgIpc) is 3.28. The minimum Gasteiger partial charge on any atom is -0.383 e. The summed E-state index contributed by atoms with van der Waals surface area (Å²) in [6, 6.07) is 10.8. The van der Waals surface area contributed by atoms with Gasteiger partial charge in [0.2, 0.25) is 5.95 Å². The smallest absolute Gasteiger partial charge is 0.232 e. The Morgan fingerprint density at radius 3 is 2.55 bits per heavy atom. The summed E-state index contributed by atoms with van der Waals surface area (Å²) in [6.07, 6.45) is 3.44. The molecule has 4 rings (SSSR count). The molecule has 1 saturated heterocycles. The summed E-state index contributed by atoms with van der Waals surface area (Å²) in [6.45, 7) is 5.12. The lowest BCUT2D eigenvalue weighted by Gasteiger charge is -2.30. The first kappa shape index (κ1) is 19.8. The number of ether oxygens (including phenoxy) is 1. The van der Waals surface area contributed by atoms with Gasteiger partial charge in [-0.3, -0.25) is 0 Å². The van der Waals surface area contributed by atoms with Gasteiger partial charge in [-0.05, 0) is 42.6 Å². The molecule has 8 heteroatoms. The van der Waals surface area contributed by atoms with E-state index in [4.69, 9.17) is 26.9 Å². The first-order valence-electron chi connectivity index (χ1n) is 10.2. The topological polar surface area (TPSA) is 65.6 Å². The summed E-state index contributed by atoms with van der Waals surface area (Å²) in [4.78, 5) is 14.2. The second-order valence-electron chi connectivity index (χ2n) is 7.42. The third-order valence-electron chi connectivity index (χ3n) is 5.40. The van der Waals surface area contributed by atoms with Gasteiger partial charge in [-0.1, -0.05) is 24.3 Å². The number of hydrogen-bond donors (Lipinski definition) is 2. The Hall–Kier alpha value is -2.45. The lowest BCUT2D eigenvalue weighted by atomic mass is 10.00. The van der Waals surface area contributed by atoms with E-state index in [2.05, 4.69) is 50.8 Å². The van der Waals surface area contributed by atoms with Crippen LogP contribution in [0, 0.1) is 0 Å². The zero-order valence-corrected chi connectivity index (χ0v) is 17.7. The number of nitrogens with zero attached hydrogens (tertiary/aromatic N) is 4. The third kappa shape index (κ3) is 4.94.